The van der Waals surface area contributed by atoms with Crippen LogP contribution in [0.3, 0.4) is 0 Å². The molecule has 2 fully saturated rings. The molecule has 112 valence electrons. The summed E-state index contributed by atoms with van der Waals surface area (Å²) in [5.74, 6) is 0.488. The smallest absolute Gasteiger partial charge is 0.237 e. The van der Waals surface area contributed by atoms with Crippen molar-refractivity contribution in [2.24, 2.45) is 11.7 Å². The largest absolute Gasteiger partial charge is 0.326 e. The Labute approximate surface area is 121 Å². The van der Waals surface area contributed by atoms with E-state index in [4.69, 9.17) is 5.73 Å². The molecule has 5 nitrogen and oxygen atoms in total. The molecule has 1 saturated carbocycles. The van der Waals surface area contributed by atoms with Gasteiger partial charge in [0.2, 0.25) is 5.91 Å². The van der Waals surface area contributed by atoms with Crippen LogP contribution >= 0.6 is 0 Å². The van der Waals surface area contributed by atoms with Crippen molar-refractivity contribution in [3.8, 4) is 6.07 Å². The van der Waals surface area contributed by atoms with Crippen molar-refractivity contribution >= 4 is 5.91 Å². The summed E-state index contributed by atoms with van der Waals surface area (Å²) >= 11 is 0. The van der Waals surface area contributed by atoms with Crippen LogP contribution in [0.15, 0.2) is 0 Å². The van der Waals surface area contributed by atoms with Gasteiger partial charge in [-0.2, -0.15) is 5.26 Å². The Kier molecular flexibility index (Phi) is 4.66. The average Bonchev–Trinajstić information content (AvgIpc) is 2.77. The number of amides is 1. The predicted octanol–water partition coefficient (Wildman–Crippen LogP) is 0.950. The van der Waals surface area contributed by atoms with Crippen molar-refractivity contribution in [1.29, 1.82) is 5.26 Å². The van der Waals surface area contributed by atoms with Crippen molar-refractivity contribution in [3.63, 3.8) is 0 Å². The van der Waals surface area contributed by atoms with Gasteiger partial charge in [-0.05, 0) is 18.8 Å². The maximum Gasteiger partial charge on any atom is 0.237 e. The number of nitrogens with zero attached hydrogens (tertiary/aromatic N) is 3. The Morgan fingerprint density at radius 1 is 1.40 bits per heavy atom. The molecular weight excluding hydrogens is 252 g/mol. The van der Waals surface area contributed by atoms with Crippen LogP contribution in [0.4, 0.5) is 0 Å². The molecule has 0 aromatic heterocycles. The molecule has 1 amide bonds. The van der Waals surface area contributed by atoms with Crippen LogP contribution in [0.5, 0.6) is 0 Å². The van der Waals surface area contributed by atoms with E-state index in [1.54, 1.807) is 11.9 Å². The summed E-state index contributed by atoms with van der Waals surface area (Å²) in [6.07, 6.45) is 4.86. The highest BCUT2D eigenvalue weighted by Crippen LogP contribution is 2.32. The molecular formula is C15H26N4O. The summed E-state index contributed by atoms with van der Waals surface area (Å²) in [6, 6.07) is 2.56. The predicted molar refractivity (Wildman–Crippen MR) is 77.8 cm³/mol. The normalized spacial score (nSPS) is 29.9. The van der Waals surface area contributed by atoms with Crippen LogP contribution < -0.4 is 5.73 Å². The standard InChI is InChI=1S/C15H26N4O/c1-12-8-19(9-13(12)17)10-14(20)18(2)15(11-16)6-4-3-5-7-15/h12-13H,3-10,17H2,1-2H3. The van der Waals surface area contributed by atoms with Crippen molar-refractivity contribution in [3.05, 3.63) is 0 Å². The van der Waals surface area contributed by atoms with E-state index in [0.717, 1.165) is 38.8 Å². The Bertz CT molecular complexity index is 387. The molecule has 5 heteroatoms. The second kappa shape index (κ2) is 6.11. The molecule has 20 heavy (non-hydrogen) atoms. The molecule has 2 unspecified atom stereocenters. The van der Waals surface area contributed by atoms with Crippen LogP contribution in [0.25, 0.3) is 0 Å². The zero-order valence-corrected chi connectivity index (χ0v) is 12.6. The van der Waals surface area contributed by atoms with E-state index >= 15 is 0 Å². The number of hydrogen-bond donors (Lipinski definition) is 1. The van der Waals surface area contributed by atoms with E-state index in [0.29, 0.717) is 12.5 Å². The quantitative estimate of drug-likeness (QED) is 0.834. The molecule has 1 aliphatic carbocycles. The Hall–Kier alpha value is -1.12. The first-order chi connectivity index (χ1) is 9.48. The zero-order chi connectivity index (χ0) is 14.8. The fourth-order valence-corrected chi connectivity index (χ4v) is 3.42. The Morgan fingerprint density at radius 2 is 2.05 bits per heavy atom. The van der Waals surface area contributed by atoms with Crippen LogP contribution in [-0.4, -0.2) is 54.0 Å². The summed E-state index contributed by atoms with van der Waals surface area (Å²) in [5, 5.41) is 9.53. The van der Waals surface area contributed by atoms with Gasteiger partial charge in [-0.1, -0.05) is 26.2 Å². The number of carbonyl (C=O) groups is 1. The second-order valence-corrected chi connectivity index (χ2v) is 6.49. The summed E-state index contributed by atoms with van der Waals surface area (Å²) in [5.41, 5.74) is 5.42. The van der Waals surface area contributed by atoms with Gasteiger partial charge in [0, 0.05) is 26.2 Å². The molecule has 2 rings (SSSR count). The van der Waals surface area contributed by atoms with Crippen molar-refractivity contribution in [1.82, 2.24) is 9.80 Å². The molecule has 1 aliphatic heterocycles. The minimum absolute atomic E-state index is 0.0507. The SMILES string of the molecule is CC1CN(CC(=O)N(C)C2(C#N)CCCCC2)CC1N. The topological polar surface area (TPSA) is 73.4 Å². The number of nitriles is 1. The fraction of sp³-hybridized carbons (Fsp3) is 0.867. The Balaban J connectivity index is 1.96. The van der Waals surface area contributed by atoms with Gasteiger partial charge in [0.1, 0.15) is 5.54 Å². The lowest BCUT2D eigenvalue weighted by atomic mass is 9.81. The molecule has 0 radical (unpaired) electrons. The van der Waals surface area contributed by atoms with Crippen molar-refractivity contribution in [2.45, 2.75) is 50.6 Å². The van der Waals surface area contributed by atoms with Gasteiger partial charge in [-0.15, -0.1) is 0 Å². The fourth-order valence-electron chi connectivity index (χ4n) is 3.42. The van der Waals surface area contributed by atoms with Gasteiger partial charge in [-0.25, -0.2) is 0 Å². The van der Waals surface area contributed by atoms with Gasteiger partial charge in [0.05, 0.1) is 12.6 Å². The van der Waals surface area contributed by atoms with E-state index in [9.17, 15) is 10.1 Å². The van der Waals surface area contributed by atoms with Crippen molar-refractivity contribution in [2.75, 3.05) is 26.7 Å². The van der Waals surface area contributed by atoms with Crippen molar-refractivity contribution < 1.29 is 4.79 Å². The van der Waals surface area contributed by atoms with Crippen LogP contribution in [0.2, 0.25) is 0 Å². The van der Waals surface area contributed by atoms with Crippen LogP contribution in [0, 0.1) is 17.2 Å². The van der Waals surface area contributed by atoms with E-state index in [1.165, 1.54) is 6.42 Å². The van der Waals surface area contributed by atoms with E-state index < -0.39 is 5.54 Å². The average molecular weight is 278 g/mol. The minimum atomic E-state index is -0.581. The summed E-state index contributed by atoms with van der Waals surface area (Å²) in [4.78, 5) is 16.3. The van der Waals surface area contributed by atoms with E-state index in [-0.39, 0.29) is 11.9 Å². The second-order valence-electron chi connectivity index (χ2n) is 6.49. The monoisotopic (exact) mass is 278 g/mol. The summed E-state index contributed by atoms with van der Waals surface area (Å²) in [6.45, 7) is 4.16. The molecule has 2 aliphatic rings. The van der Waals surface area contributed by atoms with Gasteiger partial charge in [-0.3, -0.25) is 9.69 Å². The third kappa shape index (κ3) is 2.97. The number of rotatable bonds is 3. The maximum absolute atomic E-state index is 12.5. The highest BCUT2D eigenvalue weighted by molar-refractivity contribution is 5.79. The number of carbonyl (C=O) groups excluding carboxylic acids is 1. The lowest BCUT2D eigenvalue weighted by molar-refractivity contribution is -0.135. The van der Waals surface area contributed by atoms with E-state index in [1.807, 2.05) is 0 Å². The number of hydrogen-bond acceptors (Lipinski definition) is 4. The van der Waals surface area contributed by atoms with Gasteiger partial charge in [0.25, 0.3) is 0 Å². The summed E-state index contributed by atoms with van der Waals surface area (Å²) < 4.78 is 0. The summed E-state index contributed by atoms with van der Waals surface area (Å²) in [7, 11) is 1.79. The minimum Gasteiger partial charge on any atom is -0.326 e. The number of likely N-dealkylation sites (tertiary alicyclic amines) is 1. The lowest BCUT2D eigenvalue weighted by Gasteiger charge is -2.39. The molecule has 0 spiro atoms. The third-order valence-corrected chi connectivity index (χ3v) is 5.01. The van der Waals surface area contributed by atoms with Crippen LogP contribution in [-0.2, 0) is 4.79 Å². The molecule has 0 aromatic rings. The number of likely N-dealkylation sites (N-methyl/N-ethyl adjacent to an activating group) is 1. The van der Waals surface area contributed by atoms with Gasteiger partial charge in [0.15, 0.2) is 0 Å². The first-order valence-corrected chi connectivity index (χ1v) is 7.64. The lowest BCUT2D eigenvalue weighted by Crippen LogP contribution is -2.52. The zero-order valence-electron chi connectivity index (χ0n) is 12.6. The van der Waals surface area contributed by atoms with E-state index in [2.05, 4.69) is 17.9 Å². The van der Waals surface area contributed by atoms with Gasteiger partial charge >= 0.3 is 0 Å². The molecule has 2 atom stereocenters. The molecule has 2 N–H and O–H groups in total. The molecule has 1 heterocycles. The Morgan fingerprint density at radius 3 is 2.55 bits per heavy atom. The van der Waals surface area contributed by atoms with Crippen LogP contribution in [0.1, 0.15) is 39.0 Å². The van der Waals surface area contributed by atoms with Gasteiger partial charge < -0.3 is 10.6 Å². The molecule has 0 bridgehead atoms. The highest BCUT2D eigenvalue weighted by atomic mass is 16.2. The third-order valence-electron chi connectivity index (χ3n) is 5.01. The molecule has 0 aromatic carbocycles. The first-order valence-electron chi connectivity index (χ1n) is 7.64. The number of nitrogens with two attached hydrogens (primary N) is 1. The molecule has 1 saturated heterocycles. The highest BCUT2D eigenvalue weighted by Gasteiger charge is 2.39. The maximum atomic E-state index is 12.5. The first kappa shape index (κ1) is 15.3.